The van der Waals surface area contributed by atoms with Crippen LogP contribution in [0.3, 0.4) is 0 Å². The number of hydrogen-bond acceptors (Lipinski definition) is 2. The molecule has 0 saturated heterocycles. The Morgan fingerprint density at radius 1 is 1.67 bits per heavy atom. The lowest BCUT2D eigenvalue weighted by Crippen LogP contribution is -2.32. The number of carbonyl (C=O) groups is 1. The van der Waals surface area contributed by atoms with Crippen molar-refractivity contribution < 1.29 is 9.90 Å². The molecule has 0 fully saturated rings. The van der Waals surface area contributed by atoms with E-state index in [1.165, 1.54) is 5.69 Å². The molecule has 15 heavy (non-hydrogen) atoms. The van der Waals surface area contributed by atoms with E-state index in [1.807, 2.05) is 32.3 Å². The number of H-pyrrole nitrogens is 1. The van der Waals surface area contributed by atoms with Gasteiger partial charge < -0.3 is 15.0 Å². The Morgan fingerprint density at radius 3 is 2.93 bits per heavy atom. The number of carboxylic acid groups (broad SMARTS) is 1. The second-order valence-electron chi connectivity index (χ2n) is 3.87. The van der Waals surface area contributed by atoms with Crippen LogP contribution in [0.2, 0.25) is 0 Å². The Hall–Kier alpha value is -1.29. The molecule has 84 valence electrons. The van der Waals surface area contributed by atoms with Gasteiger partial charge >= 0.3 is 5.97 Å². The number of nitrogens with zero attached hydrogens (tertiary/aromatic N) is 1. The number of carboxylic acids is 1. The molecule has 0 saturated carbocycles. The van der Waals surface area contributed by atoms with Crippen LogP contribution in [-0.4, -0.2) is 40.6 Å². The van der Waals surface area contributed by atoms with E-state index in [2.05, 4.69) is 9.88 Å². The summed E-state index contributed by atoms with van der Waals surface area (Å²) in [7, 11) is 1.95. The van der Waals surface area contributed by atoms with Gasteiger partial charge in [-0.2, -0.15) is 0 Å². The van der Waals surface area contributed by atoms with Crippen molar-refractivity contribution in [3.8, 4) is 0 Å². The van der Waals surface area contributed by atoms with Crippen molar-refractivity contribution in [2.24, 2.45) is 0 Å². The minimum absolute atomic E-state index is 0.0810. The highest BCUT2D eigenvalue weighted by molar-refractivity contribution is 5.67. The largest absolute Gasteiger partial charge is 0.481 e. The van der Waals surface area contributed by atoms with Crippen LogP contribution < -0.4 is 0 Å². The monoisotopic (exact) mass is 210 g/mol. The molecule has 1 rings (SSSR count). The molecule has 1 unspecified atom stereocenters. The molecule has 1 heterocycles. The van der Waals surface area contributed by atoms with Gasteiger partial charge in [0.25, 0.3) is 0 Å². The van der Waals surface area contributed by atoms with E-state index >= 15 is 0 Å². The van der Waals surface area contributed by atoms with E-state index in [0.29, 0.717) is 0 Å². The molecule has 0 aliphatic rings. The van der Waals surface area contributed by atoms with Crippen LogP contribution in [0.4, 0.5) is 0 Å². The van der Waals surface area contributed by atoms with E-state index in [4.69, 9.17) is 5.11 Å². The lowest BCUT2D eigenvalue weighted by Gasteiger charge is -2.22. The number of nitrogens with one attached hydrogen (secondary N) is 1. The molecule has 4 nitrogen and oxygen atoms in total. The maximum Gasteiger partial charge on any atom is 0.304 e. The molecule has 1 atom stereocenters. The van der Waals surface area contributed by atoms with Crippen LogP contribution in [0.15, 0.2) is 18.3 Å². The fourth-order valence-electron chi connectivity index (χ4n) is 1.45. The molecular weight excluding hydrogens is 192 g/mol. The SMILES string of the molecule is CC(CC(=O)O)N(C)CCc1ccc[nH]1. The van der Waals surface area contributed by atoms with E-state index in [9.17, 15) is 4.79 Å². The highest BCUT2D eigenvalue weighted by Crippen LogP contribution is 2.03. The van der Waals surface area contributed by atoms with Crippen LogP contribution >= 0.6 is 0 Å². The first-order valence-corrected chi connectivity index (χ1v) is 5.14. The van der Waals surface area contributed by atoms with Gasteiger partial charge in [-0.3, -0.25) is 4.79 Å². The van der Waals surface area contributed by atoms with Gasteiger partial charge in [0.05, 0.1) is 6.42 Å². The topological polar surface area (TPSA) is 56.3 Å². The van der Waals surface area contributed by atoms with Crippen molar-refractivity contribution >= 4 is 5.97 Å². The van der Waals surface area contributed by atoms with Crippen molar-refractivity contribution in [1.29, 1.82) is 0 Å². The molecule has 0 aromatic carbocycles. The van der Waals surface area contributed by atoms with Crippen molar-refractivity contribution in [3.63, 3.8) is 0 Å². The standard InChI is InChI=1S/C11H18N2O2/c1-9(8-11(14)15)13(2)7-5-10-4-3-6-12-10/h3-4,6,9,12H,5,7-8H2,1-2H3,(H,14,15). The van der Waals surface area contributed by atoms with Crippen LogP contribution in [0, 0.1) is 0 Å². The minimum atomic E-state index is -0.741. The normalized spacial score (nSPS) is 13.0. The highest BCUT2D eigenvalue weighted by Gasteiger charge is 2.12. The Balaban J connectivity index is 2.29. The zero-order valence-corrected chi connectivity index (χ0v) is 9.23. The number of aliphatic carboxylic acids is 1. The highest BCUT2D eigenvalue weighted by atomic mass is 16.4. The van der Waals surface area contributed by atoms with Crippen LogP contribution in [0.5, 0.6) is 0 Å². The Labute approximate surface area is 89.9 Å². The fourth-order valence-corrected chi connectivity index (χ4v) is 1.45. The molecule has 0 spiro atoms. The minimum Gasteiger partial charge on any atom is -0.481 e. The van der Waals surface area contributed by atoms with Crippen LogP contribution in [-0.2, 0) is 11.2 Å². The Bertz CT molecular complexity index is 296. The molecule has 1 aromatic rings. The number of aromatic amines is 1. The predicted octanol–water partition coefficient (Wildman–Crippen LogP) is 1.35. The summed E-state index contributed by atoms with van der Waals surface area (Å²) in [5, 5.41) is 8.65. The fraction of sp³-hybridized carbons (Fsp3) is 0.545. The molecule has 0 aliphatic carbocycles. The third-order valence-corrected chi connectivity index (χ3v) is 2.62. The summed E-state index contributed by atoms with van der Waals surface area (Å²) >= 11 is 0. The van der Waals surface area contributed by atoms with Gasteiger partial charge in [-0.1, -0.05) is 0 Å². The summed E-state index contributed by atoms with van der Waals surface area (Å²) in [4.78, 5) is 15.7. The van der Waals surface area contributed by atoms with Crippen LogP contribution in [0.25, 0.3) is 0 Å². The maximum absolute atomic E-state index is 10.5. The van der Waals surface area contributed by atoms with Gasteiger partial charge in [0.2, 0.25) is 0 Å². The molecule has 2 N–H and O–H groups in total. The first-order valence-electron chi connectivity index (χ1n) is 5.14. The van der Waals surface area contributed by atoms with Gasteiger partial charge in [-0.05, 0) is 26.1 Å². The summed E-state index contributed by atoms with van der Waals surface area (Å²) in [5.74, 6) is -0.741. The molecular formula is C11H18N2O2. The second kappa shape index (κ2) is 5.56. The average molecular weight is 210 g/mol. The smallest absolute Gasteiger partial charge is 0.304 e. The van der Waals surface area contributed by atoms with Crippen LogP contribution in [0.1, 0.15) is 19.0 Å². The summed E-state index contributed by atoms with van der Waals surface area (Å²) in [6.07, 6.45) is 3.02. The molecule has 1 aromatic heterocycles. The number of aromatic nitrogens is 1. The third kappa shape index (κ3) is 4.16. The van der Waals surface area contributed by atoms with E-state index in [-0.39, 0.29) is 12.5 Å². The lowest BCUT2D eigenvalue weighted by atomic mass is 10.2. The molecule has 0 amide bonds. The first kappa shape index (κ1) is 11.8. The van der Waals surface area contributed by atoms with Gasteiger partial charge in [0.1, 0.15) is 0 Å². The summed E-state index contributed by atoms with van der Waals surface area (Å²) in [6, 6.07) is 4.09. The predicted molar refractivity (Wildman–Crippen MR) is 58.8 cm³/mol. The van der Waals surface area contributed by atoms with E-state index in [1.54, 1.807) is 0 Å². The molecule has 4 heteroatoms. The Kier molecular flexibility index (Phi) is 4.37. The van der Waals surface area contributed by atoms with Gasteiger partial charge in [0.15, 0.2) is 0 Å². The molecule has 0 bridgehead atoms. The van der Waals surface area contributed by atoms with Crippen molar-refractivity contribution in [2.45, 2.75) is 25.8 Å². The van der Waals surface area contributed by atoms with E-state index < -0.39 is 5.97 Å². The summed E-state index contributed by atoms with van der Waals surface area (Å²) in [5.41, 5.74) is 1.18. The summed E-state index contributed by atoms with van der Waals surface area (Å²) < 4.78 is 0. The van der Waals surface area contributed by atoms with E-state index in [0.717, 1.165) is 13.0 Å². The zero-order valence-electron chi connectivity index (χ0n) is 9.23. The number of hydrogen-bond donors (Lipinski definition) is 2. The maximum atomic E-state index is 10.5. The quantitative estimate of drug-likeness (QED) is 0.745. The van der Waals surface area contributed by atoms with Crippen molar-refractivity contribution in [3.05, 3.63) is 24.0 Å². The lowest BCUT2D eigenvalue weighted by molar-refractivity contribution is -0.138. The Morgan fingerprint density at radius 2 is 2.40 bits per heavy atom. The summed E-state index contributed by atoms with van der Waals surface area (Å²) in [6.45, 7) is 2.80. The number of likely N-dealkylation sites (N-methyl/N-ethyl adjacent to an activating group) is 1. The first-order chi connectivity index (χ1) is 7.09. The van der Waals surface area contributed by atoms with Crippen molar-refractivity contribution in [1.82, 2.24) is 9.88 Å². The zero-order chi connectivity index (χ0) is 11.3. The second-order valence-corrected chi connectivity index (χ2v) is 3.87. The van der Waals surface area contributed by atoms with Crippen molar-refractivity contribution in [2.75, 3.05) is 13.6 Å². The van der Waals surface area contributed by atoms with Gasteiger partial charge in [0, 0.05) is 30.9 Å². The van der Waals surface area contributed by atoms with Gasteiger partial charge in [-0.15, -0.1) is 0 Å². The molecule has 0 radical (unpaired) electrons. The molecule has 0 aliphatic heterocycles. The average Bonchev–Trinajstić information content (AvgIpc) is 2.65. The van der Waals surface area contributed by atoms with Gasteiger partial charge in [-0.25, -0.2) is 0 Å². The number of rotatable bonds is 6. The third-order valence-electron chi connectivity index (χ3n) is 2.62.